The standard InChI is InChI=1S/C9H9Cl2FO2/c10-4-6(13)5-14-8-3-1-2-7(11)9(8)12/h1-3,6,13H,4-5H2. The third kappa shape index (κ3) is 3.01. The molecule has 0 saturated heterocycles. The van der Waals surface area contributed by atoms with Crippen molar-refractivity contribution in [3.8, 4) is 5.75 Å². The second kappa shape index (κ2) is 5.39. The van der Waals surface area contributed by atoms with Crippen molar-refractivity contribution in [2.45, 2.75) is 6.10 Å². The molecule has 0 radical (unpaired) electrons. The molecule has 1 unspecified atom stereocenters. The van der Waals surface area contributed by atoms with E-state index in [2.05, 4.69) is 0 Å². The minimum atomic E-state index is -0.810. The van der Waals surface area contributed by atoms with Gasteiger partial charge in [-0.1, -0.05) is 17.7 Å². The Morgan fingerprint density at radius 1 is 1.50 bits per heavy atom. The molecule has 0 aromatic heterocycles. The molecule has 0 heterocycles. The normalized spacial score (nSPS) is 12.6. The zero-order valence-corrected chi connectivity index (χ0v) is 8.72. The van der Waals surface area contributed by atoms with Gasteiger partial charge in [0.1, 0.15) is 12.7 Å². The van der Waals surface area contributed by atoms with Crippen LogP contribution in [-0.4, -0.2) is 23.7 Å². The Bertz CT molecular complexity index is 307. The van der Waals surface area contributed by atoms with Crippen LogP contribution >= 0.6 is 23.2 Å². The maximum atomic E-state index is 13.2. The Kier molecular flexibility index (Phi) is 4.45. The molecule has 1 aromatic rings. The largest absolute Gasteiger partial charge is 0.488 e. The average molecular weight is 239 g/mol. The Morgan fingerprint density at radius 3 is 2.86 bits per heavy atom. The highest BCUT2D eigenvalue weighted by molar-refractivity contribution is 6.30. The average Bonchev–Trinajstić information content (AvgIpc) is 2.20. The van der Waals surface area contributed by atoms with Crippen LogP contribution in [0.1, 0.15) is 0 Å². The van der Waals surface area contributed by atoms with Crippen LogP contribution in [0, 0.1) is 5.82 Å². The molecule has 1 aromatic carbocycles. The Morgan fingerprint density at radius 2 is 2.21 bits per heavy atom. The Hall–Kier alpha value is -0.510. The third-order valence-electron chi connectivity index (χ3n) is 1.53. The van der Waals surface area contributed by atoms with E-state index in [1.807, 2.05) is 0 Å². The van der Waals surface area contributed by atoms with Gasteiger partial charge in [-0.3, -0.25) is 0 Å². The smallest absolute Gasteiger partial charge is 0.183 e. The van der Waals surface area contributed by atoms with Crippen molar-refractivity contribution in [3.05, 3.63) is 29.0 Å². The van der Waals surface area contributed by atoms with Gasteiger partial charge < -0.3 is 9.84 Å². The number of hydrogen-bond acceptors (Lipinski definition) is 2. The molecule has 0 bridgehead atoms. The molecule has 0 aliphatic rings. The lowest BCUT2D eigenvalue weighted by molar-refractivity contribution is 0.122. The highest BCUT2D eigenvalue weighted by Gasteiger charge is 2.09. The van der Waals surface area contributed by atoms with Crippen molar-refractivity contribution < 1.29 is 14.2 Å². The van der Waals surface area contributed by atoms with Gasteiger partial charge >= 0.3 is 0 Å². The lowest BCUT2D eigenvalue weighted by atomic mass is 10.3. The summed E-state index contributed by atoms with van der Waals surface area (Å²) in [6.07, 6.45) is -0.810. The SMILES string of the molecule is OC(CCl)COc1cccc(Cl)c1F. The van der Waals surface area contributed by atoms with Crippen LogP contribution in [0.4, 0.5) is 4.39 Å². The van der Waals surface area contributed by atoms with Crippen molar-refractivity contribution in [1.82, 2.24) is 0 Å². The summed E-state index contributed by atoms with van der Waals surface area (Å²) in [7, 11) is 0. The number of aliphatic hydroxyl groups excluding tert-OH is 1. The van der Waals surface area contributed by atoms with Gasteiger partial charge in [0.15, 0.2) is 11.6 Å². The van der Waals surface area contributed by atoms with Gasteiger partial charge in [0.05, 0.1) is 10.9 Å². The molecule has 0 aliphatic carbocycles. The van der Waals surface area contributed by atoms with Crippen LogP contribution < -0.4 is 4.74 Å². The molecule has 2 nitrogen and oxygen atoms in total. The summed E-state index contributed by atoms with van der Waals surface area (Å²) in [4.78, 5) is 0. The number of halogens is 3. The van der Waals surface area contributed by atoms with Crippen molar-refractivity contribution in [3.63, 3.8) is 0 Å². The molecule has 1 atom stereocenters. The van der Waals surface area contributed by atoms with Crippen LogP contribution in [0.3, 0.4) is 0 Å². The van der Waals surface area contributed by atoms with Crippen LogP contribution in [0.25, 0.3) is 0 Å². The Labute approximate surface area is 91.2 Å². The van der Waals surface area contributed by atoms with Crippen LogP contribution in [-0.2, 0) is 0 Å². The van der Waals surface area contributed by atoms with Gasteiger partial charge in [0, 0.05) is 0 Å². The summed E-state index contributed by atoms with van der Waals surface area (Å²) in [5, 5.41) is 9.06. The lowest BCUT2D eigenvalue weighted by Gasteiger charge is -2.10. The molecular formula is C9H9Cl2FO2. The van der Waals surface area contributed by atoms with Gasteiger partial charge in [-0.15, -0.1) is 11.6 Å². The first-order valence-corrected chi connectivity index (χ1v) is 4.87. The van der Waals surface area contributed by atoms with Crippen LogP contribution in [0.15, 0.2) is 18.2 Å². The van der Waals surface area contributed by atoms with Crippen LogP contribution in [0.5, 0.6) is 5.75 Å². The van der Waals surface area contributed by atoms with E-state index < -0.39 is 11.9 Å². The van der Waals surface area contributed by atoms with E-state index in [1.165, 1.54) is 12.1 Å². The van der Waals surface area contributed by atoms with E-state index in [-0.39, 0.29) is 23.3 Å². The predicted molar refractivity (Wildman–Crippen MR) is 53.6 cm³/mol. The first-order valence-electron chi connectivity index (χ1n) is 3.96. The maximum absolute atomic E-state index is 13.2. The van der Waals surface area contributed by atoms with Crippen molar-refractivity contribution in [2.24, 2.45) is 0 Å². The minimum absolute atomic E-state index is 0.0112. The van der Waals surface area contributed by atoms with Crippen molar-refractivity contribution >= 4 is 23.2 Å². The summed E-state index contributed by atoms with van der Waals surface area (Å²) in [6.45, 7) is -0.0548. The molecule has 0 amide bonds. The van der Waals surface area contributed by atoms with Gasteiger partial charge in [-0.2, -0.15) is 0 Å². The van der Waals surface area contributed by atoms with E-state index in [1.54, 1.807) is 6.07 Å². The fourth-order valence-electron chi connectivity index (χ4n) is 0.826. The van der Waals surface area contributed by atoms with E-state index in [9.17, 15) is 4.39 Å². The lowest BCUT2D eigenvalue weighted by Crippen LogP contribution is -2.19. The van der Waals surface area contributed by atoms with Crippen LogP contribution in [0.2, 0.25) is 5.02 Å². The molecule has 14 heavy (non-hydrogen) atoms. The van der Waals surface area contributed by atoms with Crippen molar-refractivity contribution in [1.29, 1.82) is 0 Å². The number of aliphatic hydroxyl groups is 1. The Balaban J connectivity index is 2.63. The highest BCUT2D eigenvalue weighted by atomic mass is 35.5. The number of hydrogen-bond donors (Lipinski definition) is 1. The van der Waals surface area contributed by atoms with Crippen molar-refractivity contribution in [2.75, 3.05) is 12.5 Å². The summed E-state index contributed by atoms with van der Waals surface area (Å²) in [6, 6.07) is 4.41. The van der Waals surface area contributed by atoms with Gasteiger partial charge in [-0.25, -0.2) is 4.39 Å². The molecule has 5 heteroatoms. The van der Waals surface area contributed by atoms with E-state index in [0.717, 1.165) is 0 Å². The monoisotopic (exact) mass is 238 g/mol. The summed E-state index contributed by atoms with van der Waals surface area (Å²) >= 11 is 10.9. The highest BCUT2D eigenvalue weighted by Crippen LogP contribution is 2.23. The topological polar surface area (TPSA) is 29.5 Å². The number of benzene rings is 1. The second-order valence-electron chi connectivity index (χ2n) is 2.67. The summed E-state index contributed by atoms with van der Waals surface area (Å²) in [5.74, 6) is -0.569. The first kappa shape index (κ1) is 11.6. The fourth-order valence-corrected chi connectivity index (χ4v) is 1.08. The molecule has 0 spiro atoms. The van der Waals surface area contributed by atoms with E-state index >= 15 is 0 Å². The molecule has 1 N–H and O–H groups in total. The second-order valence-corrected chi connectivity index (χ2v) is 3.39. The van der Waals surface area contributed by atoms with Gasteiger partial charge in [0.25, 0.3) is 0 Å². The molecule has 0 aliphatic heterocycles. The maximum Gasteiger partial charge on any atom is 0.183 e. The zero-order chi connectivity index (χ0) is 10.6. The third-order valence-corrected chi connectivity index (χ3v) is 2.17. The van der Waals surface area contributed by atoms with E-state index in [4.69, 9.17) is 33.0 Å². The minimum Gasteiger partial charge on any atom is -0.488 e. The molecule has 0 saturated carbocycles. The van der Waals surface area contributed by atoms with E-state index in [0.29, 0.717) is 0 Å². The van der Waals surface area contributed by atoms with Gasteiger partial charge in [0.2, 0.25) is 0 Å². The molecule has 1 rings (SSSR count). The molecule has 78 valence electrons. The number of ether oxygens (including phenoxy) is 1. The fraction of sp³-hybridized carbons (Fsp3) is 0.333. The quantitative estimate of drug-likeness (QED) is 0.817. The number of rotatable bonds is 4. The molecular weight excluding hydrogens is 230 g/mol. The van der Waals surface area contributed by atoms with Gasteiger partial charge in [-0.05, 0) is 12.1 Å². The summed E-state index contributed by atoms with van der Waals surface area (Å²) < 4.78 is 18.2. The number of alkyl halides is 1. The molecule has 0 fully saturated rings. The first-order chi connectivity index (χ1) is 6.65. The predicted octanol–water partition coefficient (Wildman–Crippen LogP) is 2.46. The zero-order valence-electron chi connectivity index (χ0n) is 7.21. The summed E-state index contributed by atoms with van der Waals surface area (Å²) in [5.41, 5.74) is 0.